The van der Waals surface area contributed by atoms with Crippen LogP contribution in [-0.2, 0) is 6.54 Å². The number of amides is 1. The Labute approximate surface area is 144 Å². The van der Waals surface area contributed by atoms with Crippen LogP contribution >= 0.6 is 15.9 Å². The quantitative estimate of drug-likeness (QED) is 0.787. The highest BCUT2D eigenvalue weighted by molar-refractivity contribution is 9.10. The van der Waals surface area contributed by atoms with Gasteiger partial charge in [0.05, 0.1) is 18.8 Å². The van der Waals surface area contributed by atoms with Crippen LogP contribution in [0, 0.1) is 0 Å². The van der Waals surface area contributed by atoms with Crippen LogP contribution in [0.15, 0.2) is 46.9 Å². The normalized spacial score (nSPS) is 10.2. The van der Waals surface area contributed by atoms with E-state index in [0.29, 0.717) is 36.8 Å². The lowest BCUT2D eigenvalue weighted by Gasteiger charge is -2.16. The largest absolute Gasteiger partial charge is 0.490 e. The third-order valence-corrected chi connectivity index (χ3v) is 3.61. The number of rotatable bonds is 7. The monoisotopic (exact) mass is 377 g/mol. The van der Waals surface area contributed by atoms with Crippen molar-refractivity contribution in [2.75, 3.05) is 13.2 Å². The second-order valence-electron chi connectivity index (χ2n) is 4.81. The predicted molar refractivity (Wildman–Crippen MR) is 94.1 cm³/mol. The van der Waals surface area contributed by atoms with Gasteiger partial charge in [-0.15, -0.1) is 0 Å². The fourth-order valence-corrected chi connectivity index (χ4v) is 2.60. The molecule has 5 heteroatoms. The maximum Gasteiger partial charge on any atom is 0.255 e. The van der Waals surface area contributed by atoms with Crippen molar-refractivity contribution < 1.29 is 14.3 Å². The minimum Gasteiger partial charge on any atom is -0.490 e. The number of nitrogens with one attached hydrogen (secondary N) is 1. The van der Waals surface area contributed by atoms with Crippen LogP contribution < -0.4 is 14.8 Å². The smallest absolute Gasteiger partial charge is 0.255 e. The summed E-state index contributed by atoms with van der Waals surface area (Å²) in [6, 6.07) is 13.3. The van der Waals surface area contributed by atoms with Crippen molar-refractivity contribution in [2.45, 2.75) is 20.4 Å². The first kappa shape index (κ1) is 17.3. The molecule has 2 rings (SSSR count). The fourth-order valence-electron chi connectivity index (χ4n) is 2.17. The summed E-state index contributed by atoms with van der Waals surface area (Å²) >= 11 is 3.42. The molecule has 122 valence electrons. The van der Waals surface area contributed by atoms with E-state index in [1.54, 1.807) is 6.07 Å². The van der Waals surface area contributed by atoms with Gasteiger partial charge in [0, 0.05) is 11.0 Å². The molecule has 0 heterocycles. The van der Waals surface area contributed by atoms with Gasteiger partial charge in [0.25, 0.3) is 5.91 Å². The molecule has 0 aromatic heterocycles. The molecule has 0 saturated heterocycles. The molecule has 0 radical (unpaired) electrons. The van der Waals surface area contributed by atoms with Crippen molar-refractivity contribution in [3.8, 4) is 11.5 Å². The van der Waals surface area contributed by atoms with Crippen molar-refractivity contribution in [3.63, 3.8) is 0 Å². The van der Waals surface area contributed by atoms with Gasteiger partial charge in [-0.25, -0.2) is 0 Å². The Morgan fingerprint density at radius 3 is 2.43 bits per heavy atom. The summed E-state index contributed by atoms with van der Waals surface area (Å²) in [6.07, 6.45) is 0. The summed E-state index contributed by atoms with van der Waals surface area (Å²) in [4.78, 5) is 12.6. The Bertz CT molecular complexity index is 659. The summed E-state index contributed by atoms with van der Waals surface area (Å²) in [5.41, 5.74) is 1.50. The number of carbonyl (C=O) groups is 1. The molecule has 1 amide bonds. The van der Waals surface area contributed by atoms with Crippen LogP contribution in [0.2, 0.25) is 0 Å². The van der Waals surface area contributed by atoms with Gasteiger partial charge in [0.2, 0.25) is 0 Å². The molecule has 0 fully saturated rings. The van der Waals surface area contributed by atoms with Crippen molar-refractivity contribution in [3.05, 3.63) is 58.1 Å². The summed E-state index contributed by atoms with van der Waals surface area (Å²) in [5, 5.41) is 2.92. The molecular formula is C18H20BrNO3. The average molecular weight is 378 g/mol. The third-order valence-electron chi connectivity index (χ3n) is 3.15. The number of halogens is 1. The molecule has 2 aromatic carbocycles. The molecule has 0 atom stereocenters. The molecule has 0 unspecified atom stereocenters. The van der Waals surface area contributed by atoms with Crippen LogP contribution in [0.5, 0.6) is 11.5 Å². The minimum atomic E-state index is -0.195. The second-order valence-corrected chi connectivity index (χ2v) is 5.73. The molecule has 0 spiro atoms. The lowest BCUT2D eigenvalue weighted by molar-refractivity contribution is 0.0946. The summed E-state index contributed by atoms with van der Waals surface area (Å²) in [5.74, 6) is 0.844. The van der Waals surface area contributed by atoms with E-state index in [4.69, 9.17) is 9.47 Å². The Kier molecular flexibility index (Phi) is 6.47. The highest BCUT2D eigenvalue weighted by Gasteiger charge is 2.18. The minimum absolute atomic E-state index is 0.195. The highest BCUT2D eigenvalue weighted by atomic mass is 79.9. The summed E-state index contributed by atoms with van der Waals surface area (Å²) < 4.78 is 12.0. The van der Waals surface area contributed by atoms with Gasteiger partial charge in [-0.2, -0.15) is 0 Å². The summed E-state index contributed by atoms with van der Waals surface area (Å²) in [6.45, 7) is 5.19. The van der Waals surface area contributed by atoms with Gasteiger partial charge in [0.15, 0.2) is 11.5 Å². The van der Waals surface area contributed by atoms with E-state index in [-0.39, 0.29) is 5.91 Å². The van der Waals surface area contributed by atoms with E-state index < -0.39 is 0 Å². The van der Waals surface area contributed by atoms with Crippen molar-refractivity contribution in [1.29, 1.82) is 0 Å². The van der Waals surface area contributed by atoms with E-state index in [9.17, 15) is 4.79 Å². The SMILES string of the molecule is CCOc1cc(Br)cc(C(=O)NCc2ccccc2)c1OCC. The lowest BCUT2D eigenvalue weighted by atomic mass is 10.1. The second kappa shape index (κ2) is 8.58. The first-order chi connectivity index (χ1) is 11.2. The van der Waals surface area contributed by atoms with Crippen molar-refractivity contribution in [1.82, 2.24) is 5.32 Å². The van der Waals surface area contributed by atoms with Crippen LogP contribution in [0.25, 0.3) is 0 Å². The van der Waals surface area contributed by atoms with E-state index in [2.05, 4.69) is 21.2 Å². The number of carbonyl (C=O) groups excluding carboxylic acids is 1. The van der Waals surface area contributed by atoms with Gasteiger partial charge in [0.1, 0.15) is 0 Å². The standard InChI is InChI=1S/C18H20BrNO3/c1-3-22-16-11-14(19)10-15(17(16)23-4-2)18(21)20-12-13-8-6-5-7-9-13/h5-11H,3-4,12H2,1-2H3,(H,20,21). The van der Waals surface area contributed by atoms with E-state index >= 15 is 0 Å². The molecule has 2 aromatic rings. The maximum atomic E-state index is 12.6. The first-order valence-corrected chi connectivity index (χ1v) is 8.36. The highest BCUT2D eigenvalue weighted by Crippen LogP contribution is 2.35. The molecule has 0 aliphatic carbocycles. The maximum absolute atomic E-state index is 12.6. The Hall–Kier alpha value is -2.01. The van der Waals surface area contributed by atoms with E-state index in [0.717, 1.165) is 10.0 Å². The van der Waals surface area contributed by atoms with Gasteiger partial charge in [-0.05, 0) is 31.5 Å². The lowest BCUT2D eigenvalue weighted by Crippen LogP contribution is -2.23. The van der Waals surface area contributed by atoms with Gasteiger partial charge in [-0.1, -0.05) is 46.3 Å². The zero-order valence-corrected chi connectivity index (χ0v) is 14.9. The molecule has 0 aliphatic heterocycles. The average Bonchev–Trinajstić information content (AvgIpc) is 2.56. The predicted octanol–water partition coefficient (Wildman–Crippen LogP) is 4.18. The van der Waals surface area contributed by atoms with Crippen LogP contribution in [0.4, 0.5) is 0 Å². The number of hydrogen-bond donors (Lipinski definition) is 1. The third kappa shape index (κ3) is 4.73. The van der Waals surface area contributed by atoms with Gasteiger partial charge < -0.3 is 14.8 Å². The molecule has 1 N–H and O–H groups in total. The van der Waals surface area contributed by atoms with E-state index in [1.165, 1.54) is 0 Å². The molecule has 0 aliphatic rings. The molecule has 0 saturated carbocycles. The van der Waals surface area contributed by atoms with Crippen LogP contribution in [-0.4, -0.2) is 19.1 Å². The molecule has 4 nitrogen and oxygen atoms in total. The summed E-state index contributed by atoms with van der Waals surface area (Å²) in [7, 11) is 0. The molecule has 23 heavy (non-hydrogen) atoms. The Morgan fingerprint density at radius 1 is 1.09 bits per heavy atom. The zero-order valence-electron chi connectivity index (χ0n) is 13.3. The zero-order chi connectivity index (χ0) is 16.7. The fraction of sp³-hybridized carbons (Fsp3) is 0.278. The van der Waals surface area contributed by atoms with Crippen molar-refractivity contribution in [2.24, 2.45) is 0 Å². The Morgan fingerprint density at radius 2 is 1.78 bits per heavy atom. The molecular weight excluding hydrogens is 358 g/mol. The van der Waals surface area contributed by atoms with Gasteiger partial charge in [-0.3, -0.25) is 4.79 Å². The number of ether oxygens (including phenoxy) is 2. The molecule has 0 bridgehead atoms. The van der Waals surface area contributed by atoms with Crippen LogP contribution in [0.3, 0.4) is 0 Å². The van der Waals surface area contributed by atoms with Gasteiger partial charge >= 0.3 is 0 Å². The van der Waals surface area contributed by atoms with Crippen LogP contribution in [0.1, 0.15) is 29.8 Å². The van der Waals surface area contributed by atoms with Crippen molar-refractivity contribution >= 4 is 21.8 Å². The number of benzene rings is 2. The Balaban J connectivity index is 2.23. The van der Waals surface area contributed by atoms with E-state index in [1.807, 2.05) is 50.2 Å². The first-order valence-electron chi connectivity index (χ1n) is 7.57. The number of hydrogen-bond acceptors (Lipinski definition) is 3. The topological polar surface area (TPSA) is 47.6 Å².